The van der Waals surface area contributed by atoms with Crippen LogP contribution in [0.1, 0.15) is 23.7 Å². The van der Waals surface area contributed by atoms with Gasteiger partial charge in [0.2, 0.25) is 0 Å². The van der Waals surface area contributed by atoms with E-state index in [2.05, 4.69) is 0 Å². The van der Waals surface area contributed by atoms with Crippen molar-refractivity contribution < 1.29 is 13.2 Å². The first-order chi connectivity index (χ1) is 8.53. The van der Waals surface area contributed by atoms with Crippen LogP contribution in [-0.2, 0) is 9.84 Å². The van der Waals surface area contributed by atoms with Gasteiger partial charge in [-0.25, -0.2) is 8.42 Å². The standard InChI is InChI=1S/C13H17NO3S/c1-2-18(16,17)10-9-14-8-7-13(15)11-5-3-4-6-12(11)14/h3-6H,2,7-10H2,1H3. The van der Waals surface area contributed by atoms with Gasteiger partial charge in [0, 0.05) is 36.5 Å². The molecule has 2 rings (SSSR count). The van der Waals surface area contributed by atoms with E-state index in [1.807, 2.05) is 23.1 Å². The van der Waals surface area contributed by atoms with Crippen LogP contribution >= 0.6 is 0 Å². The van der Waals surface area contributed by atoms with Gasteiger partial charge >= 0.3 is 0 Å². The Morgan fingerprint density at radius 1 is 1.28 bits per heavy atom. The van der Waals surface area contributed by atoms with E-state index in [1.165, 1.54) is 0 Å². The number of Topliss-reactive ketones (excluding diaryl/α,β-unsaturated/α-hetero) is 1. The van der Waals surface area contributed by atoms with Crippen molar-refractivity contribution in [3.05, 3.63) is 29.8 Å². The fourth-order valence-electron chi connectivity index (χ4n) is 2.10. The van der Waals surface area contributed by atoms with Gasteiger partial charge in [-0.1, -0.05) is 19.1 Å². The highest BCUT2D eigenvalue weighted by Gasteiger charge is 2.23. The zero-order chi connectivity index (χ0) is 13.2. The quantitative estimate of drug-likeness (QED) is 0.830. The average molecular weight is 267 g/mol. The number of nitrogens with zero attached hydrogens (tertiary/aromatic N) is 1. The lowest BCUT2D eigenvalue weighted by Crippen LogP contribution is -2.36. The Bertz CT molecular complexity index is 551. The molecule has 18 heavy (non-hydrogen) atoms. The van der Waals surface area contributed by atoms with Crippen LogP contribution in [-0.4, -0.2) is 38.8 Å². The first-order valence-electron chi connectivity index (χ1n) is 6.11. The minimum Gasteiger partial charge on any atom is -0.369 e. The predicted molar refractivity (Wildman–Crippen MR) is 71.9 cm³/mol. The van der Waals surface area contributed by atoms with Gasteiger partial charge in [0.15, 0.2) is 15.6 Å². The second kappa shape index (κ2) is 5.10. The van der Waals surface area contributed by atoms with Crippen molar-refractivity contribution in [2.75, 3.05) is 29.5 Å². The van der Waals surface area contributed by atoms with E-state index < -0.39 is 9.84 Å². The molecule has 5 heteroatoms. The molecule has 0 atom stereocenters. The topological polar surface area (TPSA) is 54.5 Å². The number of hydrogen-bond donors (Lipinski definition) is 0. The van der Waals surface area contributed by atoms with Gasteiger partial charge in [0.25, 0.3) is 0 Å². The molecule has 1 heterocycles. The maximum Gasteiger partial charge on any atom is 0.166 e. The van der Waals surface area contributed by atoms with Gasteiger partial charge in [-0.15, -0.1) is 0 Å². The Labute approximate surface area is 108 Å². The first kappa shape index (κ1) is 13.1. The molecule has 98 valence electrons. The van der Waals surface area contributed by atoms with E-state index in [9.17, 15) is 13.2 Å². The molecule has 1 aliphatic rings. The monoisotopic (exact) mass is 267 g/mol. The lowest BCUT2D eigenvalue weighted by molar-refractivity contribution is 0.0980. The zero-order valence-corrected chi connectivity index (χ0v) is 11.2. The summed E-state index contributed by atoms with van der Waals surface area (Å²) >= 11 is 0. The third-order valence-corrected chi connectivity index (χ3v) is 4.95. The van der Waals surface area contributed by atoms with Gasteiger partial charge in [-0.05, 0) is 12.1 Å². The van der Waals surface area contributed by atoms with Crippen LogP contribution in [0.5, 0.6) is 0 Å². The summed E-state index contributed by atoms with van der Waals surface area (Å²) in [6.45, 7) is 2.72. The molecule has 0 saturated heterocycles. The number of hydrogen-bond acceptors (Lipinski definition) is 4. The van der Waals surface area contributed by atoms with E-state index in [0.717, 1.165) is 5.69 Å². The Balaban J connectivity index is 2.17. The van der Waals surface area contributed by atoms with Gasteiger partial charge in [0.1, 0.15) is 0 Å². The van der Waals surface area contributed by atoms with E-state index in [1.54, 1.807) is 13.0 Å². The number of carbonyl (C=O) groups excluding carboxylic acids is 1. The molecule has 1 aromatic carbocycles. The normalized spacial score (nSPS) is 15.6. The van der Waals surface area contributed by atoms with Crippen molar-refractivity contribution in [3.63, 3.8) is 0 Å². The number of carbonyl (C=O) groups is 1. The highest BCUT2D eigenvalue weighted by atomic mass is 32.2. The highest BCUT2D eigenvalue weighted by molar-refractivity contribution is 7.91. The summed E-state index contributed by atoms with van der Waals surface area (Å²) in [7, 11) is -2.96. The minimum absolute atomic E-state index is 0.139. The Morgan fingerprint density at radius 3 is 2.72 bits per heavy atom. The molecule has 0 aromatic heterocycles. The van der Waals surface area contributed by atoms with E-state index in [-0.39, 0.29) is 17.3 Å². The van der Waals surface area contributed by atoms with Crippen LogP contribution in [0.4, 0.5) is 5.69 Å². The maximum absolute atomic E-state index is 11.7. The molecule has 1 aliphatic heterocycles. The number of para-hydroxylation sites is 1. The predicted octanol–water partition coefficient (Wildman–Crippen LogP) is 1.51. The summed E-state index contributed by atoms with van der Waals surface area (Å²) < 4.78 is 23.0. The summed E-state index contributed by atoms with van der Waals surface area (Å²) in [5.74, 6) is 0.452. The van der Waals surface area contributed by atoms with Crippen molar-refractivity contribution in [1.82, 2.24) is 0 Å². The van der Waals surface area contributed by atoms with Crippen molar-refractivity contribution in [2.45, 2.75) is 13.3 Å². The molecule has 0 amide bonds. The van der Waals surface area contributed by atoms with Crippen molar-refractivity contribution in [1.29, 1.82) is 0 Å². The second-order valence-corrected chi connectivity index (χ2v) is 6.89. The summed E-state index contributed by atoms with van der Waals surface area (Å²) in [4.78, 5) is 13.7. The average Bonchev–Trinajstić information content (AvgIpc) is 2.38. The SMILES string of the molecule is CCS(=O)(=O)CCN1CCC(=O)c2ccccc21. The molecule has 0 N–H and O–H groups in total. The molecule has 0 unspecified atom stereocenters. The van der Waals surface area contributed by atoms with Gasteiger partial charge in [-0.2, -0.15) is 0 Å². The van der Waals surface area contributed by atoms with Crippen molar-refractivity contribution >= 4 is 21.3 Å². The van der Waals surface area contributed by atoms with Gasteiger partial charge in [-0.3, -0.25) is 4.79 Å². The van der Waals surface area contributed by atoms with Crippen molar-refractivity contribution in [3.8, 4) is 0 Å². The molecule has 0 spiro atoms. The summed E-state index contributed by atoms with van der Waals surface area (Å²) in [6, 6.07) is 7.39. The third-order valence-electron chi connectivity index (χ3n) is 3.27. The van der Waals surface area contributed by atoms with Crippen LogP contribution in [0.25, 0.3) is 0 Å². The van der Waals surface area contributed by atoms with Crippen LogP contribution < -0.4 is 4.90 Å². The largest absolute Gasteiger partial charge is 0.369 e. The molecule has 4 nitrogen and oxygen atoms in total. The number of rotatable bonds is 4. The van der Waals surface area contributed by atoms with Crippen LogP contribution in [0, 0.1) is 0 Å². The number of fused-ring (bicyclic) bond motifs is 1. The Hall–Kier alpha value is -1.36. The van der Waals surface area contributed by atoms with Gasteiger partial charge < -0.3 is 4.90 Å². The molecule has 0 aliphatic carbocycles. The van der Waals surface area contributed by atoms with Gasteiger partial charge in [0.05, 0.1) is 5.75 Å². The Morgan fingerprint density at radius 2 is 2.00 bits per heavy atom. The van der Waals surface area contributed by atoms with Crippen LogP contribution in [0.3, 0.4) is 0 Å². The summed E-state index contributed by atoms with van der Waals surface area (Å²) in [6.07, 6.45) is 0.461. The lowest BCUT2D eigenvalue weighted by Gasteiger charge is -2.30. The smallest absolute Gasteiger partial charge is 0.166 e. The van der Waals surface area contributed by atoms with E-state index >= 15 is 0 Å². The number of anilines is 1. The molecular formula is C13H17NO3S. The Kier molecular flexibility index (Phi) is 3.71. The molecular weight excluding hydrogens is 250 g/mol. The van der Waals surface area contributed by atoms with E-state index in [0.29, 0.717) is 25.1 Å². The number of benzene rings is 1. The summed E-state index contributed by atoms with van der Waals surface area (Å²) in [5.41, 5.74) is 1.57. The first-order valence-corrected chi connectivity index (χ1v) is 7.93. The summed E-state index contributed by atoms with van der Waals surface area (Å²) in [5, 5.41) is 0. The molecule has 0 saturated carbocycles. The van der Waals surface area contributed by atoms with E-state index in [4.69, 9.17) is 0 Å². The van der Waals surface area contributed by atoms with Crippen LogP contribution in [0.2, 0.25) is 0 Å². The van der Waals surface area contributed by atoms with Crippen molar-refractivity contribution in [2.24, 2.45) is 0 Å². The fraction of sp³-hybridized carbons (Fsp3) is 0.462. The second-order valence-electron chi connectivity index (χ2n) is 4.41. The molecule has 1 aromatic rings. The molecule has 0 fully saturated rings. The fourth-order valence-corrected chi connectivity index (χ4v) is 2.89. The number of ketones is 1. The maximum atomic E-state index is 11.7. The van der Waals surface area contributed by atoms with Crippen LogP contribution in [0.15, 0.2) is 24.3 Å². The third kappa shape index (κ3) is 2.72. The lowest BCUT2D eigenvalue weighted by atomic mass is 10.0. The number of sulfone groups is 1. The highest BCUT2D eigenvalue weighted by Crippen LogP contribution is 2.26. The zero-order valence-electron chi connectivity index (χ0n) is 10.4. The molecule has 0 bridgehead atoms. The minimum atomic E-state index is -2.96. The molecule has 0 radical (unpaired) electrons.